The second kappa shape index (κ2) is 4.21. The number of nitrogens with one attached hydrogen (secondary N) is 1. The molecular weight excluding hydrogens is 214 g/mol. The molecule has 0 spiro atoms. The molecule has 0 bridgehead atoms. The van der Waals surface area contributed by atoms with Gasteiger partial charge in [0, 0.05) is 22.3 Å². The maximum absolute atomic E-state index is 5.87. The van der Waals surface area contributed by atoms with Crippen molar-refractivity contribution in [2.24, 2.45) is 0 Å². The van der Waals surface area contributed by atoms with E-state index in [1.807, 2.05) is 5.38 Å². The Kier molecular flexibility index (Phi) is 3.15. The molecule has 3 heteroatoms. The Labute approximate surface area is 94.5 Å². The van der Waals surface area contributed by atoms with Gasteiger partial charge in [-0.1, -0.05) is 24.4 Å². The van der Waals surface area contributed by atoms with E-state index in [1.54, 1.807) is 11.3 Å². The molecule has 0 aromatic carbocycles. The van der Waals surface area contributed by atoms with Crippen molar-refractivity contribution in [1.29, 1.82) is 0 Å². The van der Waals surface area contributed by atoms with E-state index in [-0.39, 0.29) is 0 Å². The molecule has 0 saturated heterocycles. The summed E-state index contributed by atoms with van der Waals surface area (Å²) in [6.45, 7) is 3.29. The third kappa shape index (κ3) is 2.50. The van der Waals surface area contributed by atoms with Gasteiger partial charge in [-0.3, -0.25) is 0 Å². The Morgan fingerprint density at radius 1 is 1.50 bits per heavy atom. The van der Waals surface area contributed by atoms with E-state index in [0.29, 0.717) is 5.54 Å². The summed E-state index contributed by atoms with van der Waals surface area (Å²) >= 11 is 7.61. The van der Waals surface area contributed by atoms with Crippen molar-refractivity contribution in [2.75, 3.05) is 0 Å². The first kappa shape index (κ1) is 10.5. The Hall–Kier alpha value is -0.0500. The summed E-state index contributed by atoms with van der Waals surface area (Å²) in [6, 6.07) is 2.05. The highest BCUT2D eigenvalue weighted by atomic mass is 35.5. The molecule has 2 rings (SSSR count). The molecule has 1 aromatic heterocycles. The zero-order valence-electron chi connectivity index (χ0n) is 8.48. The van der Waals surface area contributed by atoms with E-state index in [1.165, 1.54) is 30.6 Å². The summed E-state index contributed by atoms with van der Waals surface area (Å²) in [5, 5.41) is 6.50. The molecule has 78 valence electrons. The van der Waals surface area contributed by atoms with Crippen molar-refractivity contribution in [2.45, 2.75) is 44.7 Å². The summed E-state index contributed by atoms with van der Waals surface area (Å²) in [6.07, 6.45) is 5.36. The topological polar surface area (TPSA) is 12.0 Å². The lowest BCUT2D eigenvalue weighted by Gasteiger charge is -2.24. The average molecular weight is 230 g/mol. The number of thiophene rings is 1. The normalized spacial score (nSPS) is 20.1. The molecule has 0 amide bonds. The van der Waals surface area contributed by atoms with Crippen LogP contribution in [0.1, 0.15) is 37.5 Å². The predicted octanol–water partition coefficient (Wildman–Crippen LogP) is 3.82. The van der Waals surface area contributed by atoms with E-state index < -0.39 is 0 Å². The molecule has 1 nitrogen and oxygen atoms in total. The fraction of sp³-hybridized carbons (Fsp3) is 0.636. The van der Waals surface area contributed by atoms with Crippen LogP contribution in [0.25, 0.3) is 0 Å². The monoisotopic (exact) mass is 229 g/mol. The van der Waals surface area contributed by atoms with E-state index >= 15 is 0 Å². The van der Waals surface area contributed by atoms with E-state index in [9.17, 15) is 0 Å². The van der Waals surface area contributed by atoms with Gasteiger partial charge in [-0.25, -0.2) is 0 Å². The third-order valence-corrected chi connectivity index (χ3v) is 4.30. The second-order valence-corrected chi connectivity index (χ2v) is 5.78. The Morgan fingerprint density at radius 2 is 2.21 bits per heavy atom. The lowest BCUT2D eigenvalue weighted by molar-refractivity contribution is 0.364. The smallest absolute Gasteiger partial charge is 0.0516 e. The van der Waals surface area contributed by atoms with Crippen molar-refractivity contribution in [1.82, 2.24) is 5.32 Å². The van der Waals surface area contributed by atoms with Gasteiger partial charge in [0.15, 0.2) is 0 Å². The average Bonchev–Trinajstić information content (AvgIpc) is 2.73. The van der Waals surface area contributed by atoms with Crippen LogP contribution in [0.15, 0.2) is 11.4 Å². The predicted molar refractivity (Wildman–Crippen MR) is 63.0 cm³/mol. The van der Waals surface area contributed by atoms with Crippen LogP contribution < -0.4 is 5.32 Å². The standard InChI is InChI=1S/C11H16ClNS/c1-11(4-2-3-5-11)13-7-10-6-9(12)8-14-10/h6,8,13H,2-5,7H2,1H3. The number of hydrogen-bond acceptors (Lipinski definition) is 2. The summed E-state index contributed by atoms with van der Waals surface area (Å²) in [5.74, 6) is 0. The lowest BCUT2D eigenvalue weighted by atomic mass is 10.0. The molecule has 1 heterocycles. The summed E-state index contributed by atoms with van der Waals surface area (Å²) in [7, 11) is 0. The van der Waals surface area contributed by atoms with Gasteiger partial charge in [0.25, 0.3) is 0 Å². The van der Waals surface area contributed by atoms with Gasteiger partial charge in [0.05, 0.1) is 5.02 Å². The van der Waals surface area contributed by atoms with Crippen LogP contribution in [0.5, 0.6) is 0 Å². The van der Waals surface area contributed by atoms with Gasteiger partial charge in [-0.2, -0.15) is 0 Å². The van der Waals surface area contributed by atoms with Crippen LogP contribution >= 0.6 is 22.9 Å². The molecule has 0 aliphatic heterocycles. The maximum atomic E-state index is 5.87. The molecule has 0 radical (unpaired) electrons. The van der Waals surface area contributed by atoms with Crippen molar-refractivity contribution in [3.8, 4) is 0 Å². The Morgan fingerprint density at radius 3 is 2.79 bits per heavy atom. The number of rotatable bonds is 3. The SMILES string of the molecule is CC1(NCc2cc(Cl)cs2)CCCC1. The quantitative estimate of drug-likeness (QED) is 0.831. The van der Waals surface area contributed by atoms with Crippen molar-refractivity contribution >= 4 is 22.9 Å². The summed E-state index contributed by atoms with van der Waals surface area (Å²) in [5.41, 5.74) is 0.371. The van der Waals surface area contributed by atoms with Gasteiger partial charge in [-0.15, -0.1) is 11.3 Å². The van der Waals surface area contributed by atoms with Crippen LogP contribution in [-0.2, 0) is 6.54 Å². The molecular formula is C11H16ClNS. The van der Waals surface area contributed by atoms with Gasteiger partial charge >= 0.3 is 0 Å². The van der Waals surface area contributed by atoms with Crippen molar-refractivity contribution < 1.29 is 0 Å². The minimum Gasteiger partial charge on any atom is -0.307 e. The molecule has 1 aliphatic rings. The molecule has 1 fully saturated rings. The van der Waals surface area contributed by atoms with Gasteiger partial charge in [0.2, 0.25) is 0 Å². The zero-order valence-corrected chi connectivity index (χ0v) is 10.0. The van der Waals surface area contributed by atoms with E-state index in [2.05, 4.69) is 18.3 Å². The highest BCUT2D eigenvalue weighted by Gasteiger charge is 2.27. The van der Waals surface area contributed by atoms with Gasteiger partial charge < -0.3 is 5.32 Å². The van der Waals surface area contributed by atoms with Crippen molar-refractivity contribution in [3.63, 3.8) is 0 Å². The molecule has 1 aliphatic carbocycles. The van der Waals surface area contributed by atoms with Crippen molar-refractivity contribution in [3.05, 3.63) is 21.3 Å². The molecule has 1 N–H and O–H groups in total. The fourth-order valence-corrected chi connectivity index (χ4v) is 3.09. The van der Waals surface area contributed by atoms with Crippen LogP contribution in [0, 0.1) is 0 Å². The third-order valence-electron chi connectivity index (χ3n) is 3.02. The largest absolute Gasteiger partial charge is 0.307 e. The zero-order chi connectivity index (χ0) is 10.0. The first-order valence-electron chi connectivity index (χ1n) is 5.16. The lowest BCUT2D eigenvalue weighted by Crippen LogP contribution is -2.38. The maximum Gasteiger partial charge on any atom is 0.0516 e. The van der Waals surface area contributed by atoms with E-state index in [0.717, 1.165) is 11.6 Å². The van der Waals surface area contributed by atoms with E-state index in [4.69, 9.17) is 11.6 Å². The Bertz CT molecular complexity index is 302. The fourth-order valence-electron chi connectivity index (χ4n) is 2.08. The van der Waals surface area contributed by atoms with Crippen LogP contribution in [0.3, 0.4) is 0 Å². The van der Waals surface area contributed by atoms with Gasteiger partial charge in [-0.05, 0) is 25.8 Å². The van der Waals surface area contributed by atoms with Crippen LogP contribution in [-0.4, -0.2) is 5.54 Å². The number of halogens is 1. The molecule has 0 unspecified atom stereocenters. The molecule has 1 saturated carbocycles. The second-order valence-electron chi connectivity index (χ2n) is 4.35. The number of hydrogen-bond donors (Lipinski definition) is 1. The van der Waals surface area contributed by atoms with Crippen LogP contribution in [0.2, 0.25) is 5.02 Å². The summed E-state index contributed by atoms with van der Waals surface area (Å²) < 4.78 is 0. The molecule has 14 heavy (non-hydrogen) atoms. The highest BCUT2D eigenvalue weighted by molar-refractivity contribution is 7.10. The molecule has 0 atom stereocenters. The highest BCUT2D eigenvalue weighted by Crippen LogP contribution is 2.29. The first-order valence-corrected chi connectivity index (χ1v) is 6.42. The Balaban J connectivity index is 1.87. The first-order chi connectivity index (χ1) is 6.68. The minimum absolute atomic E-state index is 0.371. The van der Waals surface area contributed by atoms with Crippen LogP contribution in [0.4, 0.5) is 0 Å². The van der Waals surface area contributed by atoms with Gasteiger partial charge in [0.1, 0.15) is 0 Å². The summed E-state index contributed by atoms with van der Waals surface area (Å²) in [4.78, 5) is 1.34. The minimum atomic E-state index is 0.371. The molecule has 1 aromatic rings.